The van der Waals surface area contributed by atoms with Crippen LogP contribution in [0.15, 0.2) is 29.8 Å². The molecule has 0 atom stereocenters. The summed E-state index contributed by atoms with van der Waals surface area (Å²) in [5.74, 6) is 0.812. The zero-order valence-corrected chi connectivity index (χ0v) is 19.6. The maximum Gasteiger partial charge on any atom is 0.306 e. The molecule has 0 aliphatic heterocycles. The number of benzene rings is 1. The van der Waals surface area contributed by atoms with Crippen molar-refractivity contribution in [3.05, 3.63) is 52.3 Å². The maximum atomic E-state index is 12.7. The summed E-state index contributed by atoms with van der Waals surface area (Å²) in [5, 5.41) is 2.67. The number of esters is 1. The number of nitrogens with zero attached hydrogens (tertiary/aromatic N) is 2. The molecule has 170 valence electrons. The minimum Gasteiger partial charge on any atom is -0.493 e. The van der Waals surface area contributed by atoms with Crippen LogP contribution in [0.4, 0.5) is 0 Å². The van der Waals surface area contributed by atoms with Crippen LogP contribution in [0.25, 0.3) is 5.13 Å². The van der Waals surface area contributed by atoms with Gasteiger partial charge in [-0.1, -0.05) is 0 Å². The van der Waals surface area contributed by atoms with Gasteiger partial charge in [0.1, 0.15) is 0 Å². The van der Waals surface area contributed by atoms with Crippen molar-refractivity contribution >= 4 is 23.1 Å². The van der Waals surface area contributed by atoms with Gasteiger partial charge in [-0.3, -0.25) is 14.2 Å². The van der Waals surface area contributed by atoms with Crippen molar-refractivity contribution in [3.8, 4) is 22.4 Å². The first kappa shape index (κ1) is 23.3. The molecule has 8 nitrogen and oxygen atoms in total. The molecule has 3 aromatic rings. The van der Waals surface area contributed by atoms with E-state index in [9.17, 15) is 9.59 Å². The number of hydrogen-bond acceptors (Lipinski definition) is 8. The van der Waals surface area contributed by atoms with Gasteiger partial charge in [-0.2, -0.15) is 0 Å². The van der Waals surface area contributed by atoms with Gasteiger partial charge in [-0.05, 0) is 44.0 Å². The number of hydrogen-bond donors (Lipinski definition) is 0. The lowest BCUT2D eigenvalue weighted by Gasteiger charge is -2.14. The SMILES string of the molecule is COc1cc(CCC(=O)OCC(=O)c2cc(C)n(-c3nccs3)c2C)cc(OC)c1OC. The van der Waals surface area contributed by atoms with Crippen LogP contribution in [0.1, 0.15) is 33.7 Å². The van der Waals surface area contributed by atoms with E-state index in [1.807, 2.05) is 23.8 Å². The van der Waals surface area contributed by atoms with Gasteiger partial charge in [0.2, 0.25) is 11.5 Å². The molecule has 0 bridgehead atoms. The Kier molecular flexibility index (Phi) is 7.53. The van der Waals surface area contributed by atoms with Gasteiger partial charge in [0.05, 0.1) is 21.3 Å². The van der Waals surface area contributed by atoms with Crippen molar-refractivity contribution in [2.75, 3.05) is 27.9 Å². The number of rotatable bonds is 10. The van der Waals surface area contributed by atoms with Crippen LogP contribution in [-0.2, 0) is 16.0 Å². The minimum absolute atomic E-state index is 0.115. The highest BCUT2D eigenvalue weighted by Crippen LogP contribution is 2.38. The molecule has 32 heavy (non-hydrogen) atoms. The number of aryl methyl sites for hydroxylation is 2. The fourth-order valence-corrected chi connectivity index (χ4v) is 4.24. The highest BCUT2D eigenvalue weighted by atomic mass is 32.1. The lowest BCUT2D eigenvalue weighted by Crippen LogP contribution is -2.15. The van der Waals surface area contributed by atoms with Gasteiger partial charge >= 0.3 is 5.97 Å². The summed E-state index contributed by atoms with van der Waals surface area (Å²) in [6, 6.07) is 5.36. The molecule has 0 N–H and O–H groups in total. The van der Waals surface area contributed by atoms with Crippen LogP contribution < -0.4 is 14.2 Å². The topological polar surface area (TPSA) is 88.9 Å². The molecule has 1 aromatic carbocycles. The molecule has 0 saturated carbocycles. The molecule has 0 amide bonds. The smallest absolute Gasteiger partial charge is 0.306 e. The van der Waals surface area contributed by atoms with E-state index in [0.717, 1.165) is 22.1 Å². The Bertz CT molecular complexity index is 1080. The monoisotopic (exact) mass is 458 g/mol. The number of thiazole rings is 1. The Morgan fingerprint density at radius 3 is 2.28 bits per heavy atom. The van der Waals surface area contributed by atoms with Gasteiger partial charge in [-0.25, -0.2) is 4.98 Å². The Morgan fingerprint density at radius 1 is 1.03 bits per heavy atom. The average Bonchev–Trinajstić information content (AvgIpc) is 3.42. The maximum absolute atomic E-state index is 12.7. The zero-order chi connectivity index (χ0) is 23.3. The molecule has 0 fully saturated rings. The van der Waals surface area contributed by atoms with E-state index in [2.05, 4.69) is 4.98 Å². The molecule has 0 aliphatic carbocycles. The van der Waals surface area contributed by atoms with E-state index >= 15 is 0 Å². The molecular weight excluding hydrogens is 432 g/mol. The van der Waals surface area contributed by atoms with E-state index in [1.54, 1.807) is 24.4 Å². The molecule has 0 aliphatic rings. The van der Waals surface area contributed by atoms with E-state index in [1.165, 1.54) is 32.7 Å². The zero-order valence-electron chi connectivity index (χ0n) is 18.8. The first-order valence-corrected chi connectivity index (χ1v) is 10.8. The van der Waals surface area contributed by atoms with Crippen LogP contribution in [0.2, 0.25) is 0 Å². The second-order valence-electron chi connectivity index (χ2n) is 7.05. The number of methoxy groups -OCH3 is 3. The quantitative estimate of drug-likeness (QED) is 0.336. The molecule has 9 heteroatoms. The third-order valence-electron chi connectivity index (χ3n) is 5.05. The molecule has 0 unspecified atom stereocenters. The van der Waals surface area contributed by atoms with E-state index in [4.69, 9.17) is 18.9 Å². The molecule has 0 radical (unpaired) electrons. The van der Waals surface area contributed by atoms with Crippen molar-refractivity contribution in [1.82, 2.24) is 9.55 Å². The van der Waals surface area contributed by atoms with Gasteiger partial charge in [0, 0.05) is 34.9 Å². The summed E-state index contributed by atoms with van der Waals surface area (Å²) in [6.07, 6.45) is 2.24. The normalized spacial score (nSPS) is 10.7. The fourth-order valence-electron chi connectivity index (χ4n) is 3.49. The predicted molar refractivity (Wildman–Crippen MR) is 121 cm³/mol. The highest BCUT2D eigenvalue weighted by Gasteiger charge is 2.19. The van der Waals surface area contributed by atoms with Crippen molar-refractivity contribution in [3.63, 3.8) is 0 Å². The first-order chi connectivity index (χ1) is 15.4. The van der Waals surface area contributed by atoms with Gasteiger partial charge in [-0.15, -0.1) is 11.3 Å². The van der Waals surface area contributed by atoms with Crippen LogP contribution in [-0.4, -0.2) is 49.2 Å². The molecule has 3 rings (SSSR count). The summed E-state index contributed by atoms with van der Waals surface area (Å²) in [6.45, 7) is 3.46. The summed E-state index contributed by atoms with van der Waals surface area (Å²) in [7, 11) is 4.60. The minimum atomic E-state index is -0.458. The van der Waals surface area contributed by atoms with E-state index in [-0.39, 0.29) is 18.8 Å². The Hall–Kier alpha value is -3.33. The summed E-state index contributed by atoms with van der Waals surface area (Å²) in [5.41, 5.74) is 3.02. The number of aromatic nitrogens is 2. The van der Waals surface area contributed by atoms with E-state index < -0.39 is 5.97 Å². The molecule has 0 saturated heterocycles. The van der Waals surface area contributed by atoms with Crippen LogP contribution in [0.5, 0.6) is 17.2 Å². The van der Waals surface area contributed by atoms with Gasteiger partial charge in [0.15, 0.2) is 23.2 Å². The number of ether oxygens (including phenoxy) is 4. The molecule has 2 heterocycles. The van der Waals surface area contributed by atoms with Crippen LogP contribution >= 0.6 is 11.3 Å². The lowest BCUT2D eigenvalue weighted by molar-refractivity contribution is -0.142. The third kappa shape index (κ3) is 4.94. The Balaban J connectivity index is 1.60. The first-order valence-electron chi connectivity index (χ1n) is 9.96. The van der Waals surface area contributed by atoms with Gasteiger partial charge < -0.3 is 18.9 Å². The van der Waals surface area contributed by atoms with Crippen LogP contribution in [0.3, 0.4) is 0 Å². The standard InChI is InChI=1S/C23H26N2O6S/c1-14-10-17(15(2)25(14)23-24-8-9-32-23)18(26)13-31-21(27)7-6-16-11-19(28-3)22(30-5)20(12-16)29-4/h8-12H,6-7,13H2,1-5H3. The third-order valence-corrected chi connectivity index (χ3v) is 5.81. The van der Waals surface area contributed by atoms with Gasteiger partial charge in [0.25, 0.3) is 0 Å². The summed E-state index contributed by atoms with van der Waals surface area (Å²) in [4.78, 5) is 29.2. The molecule has 0 spiro atoms. The van der Waals surface area contributed by atoms with Crippen molar-refractivity contribution in [2.45, 2.75) is 26.7 Å². The second kappa shape index (κ2) is 10.3. The van der Waals surface area contributed by atoms with Crippen LogP contribution in [0, 0.1) is 13.8 Å². The largest absolute Gasteiger partial charge is 0.493 e. The number of carbonyl (C=O) groups is 2. The number of ketones is 1. The Labute approximate surface area is 190 Å². The number of carbonyl (C=O) groups excluding carboxylic acids is 2. The van der Waals surface area contributed by atoms with Crippen molar-refractivity contribution < 1.29 is 28.5 Å². The Morgan fingerprint density at radius 2 is 1.72 bits per heavy atom. The van der Waals surface area contributed by atoms with Crippen molar-refractivity contribution in [2.24, 2.45) is 0 Å². The summed E-state index contributed by atoms with van der Waals surface area (Å²) >= 11 is 1.49. The second-order valence-corrected chi connectivity index (χ2v) is 7.93. The lowest BCUT2D eigenvalue weighted by atomic mass is 10.1. The predicted octanol–water partition coefficient (Wildman–Crippen LogP) is 3.94. The number of Topliss-reactive ketones (excluding diaryl/α,β-unsaturated/α-hetero) is 1. The summed E-state index contributed by atoms with van der Waals surface area (Å²) < 4.78 is 23.1. The fraction of sp³-hybridized carbons (Fsp3) is 0.348. The van der Waals surface area contributed by atoms with E-state index in [0.29, 0.717) is 29.2 Å². The molecular formula is C23H26N2O6S. The average molecular weight is 459 g/mol. The highest BCUT2D eigenvalue weighted by molar-refractivity contribution is 7.12. The molecule has 2 aromatic heterocycles. The van der Waals surface area contributed by atoms with Crippen molar-refractivity contribution in [1.29, 1.82) is 0 Å².